The first-order valence-electron chi connectivity index (χ1n) is 5.00. The van der Waals surface area contributed by atoms with Gasteiger partial charge in [-0.15, -0.1) is 0 Å². The first-order chi connectivity index (χ1) is 5.37. The van der Waals surface area contributed by atoms with Gasteiger partial charge in [0.25, 0.3) is 0 Å². The molecular formula is C11H16. The molecule has 0 radical (unpaired) electrons. The Kier molecular flexibility index (Phi) is 0.987. The summed E-state index contributed by atoms with van der Waals surface area (Å²) in [6.07, 6.45) is 11.0. The molecule has 0 heteroatoms. The molecule has 0 N–H and O–H groups in total. The molecular weight excluding hydrogens is 132 g/mol. The monoisotopic (exact) mass is 148 g/mol. The highest BCUT2D eigenvalue weighted by molar-refractivity contribution is 5.24. The molecule has 3 rings (SSSR count). The Balaban J connectivity index is 1.89. The van der Waals surface area contributed by atoms with Crippen molar-refractivity contribution in [3.63, 3.8) is 0 Å². The first-order valence-corrected chi connectivity index (χ1v) is 5.00. The predicted octanol–water partition coefficient (Wildman–Crippen LogP) is 3.00. The molecule has 3 aliphatic carbocycles. The highest BCUT2D eigenvalue weighted by Crippen LogP contribution is 2.74. The van der Waals surface area contributed by atoms with Gasteiger partial charge >= 0.3 is 0 Å². The summed E-state index contributed by atoms with van der Waals surface area (Å²) in [6.45, 7) is 2.18. The lowest BCUT2D eigenvalue weighted by Gasteiger charge is -2.17. The van der Waals surface area contributed by atoms with E-state index in [4.69, 9.17) is 0 Å². The number of allylic oxidation sites excluding steroid dienone is 2. The molecule has 0 amide bonds. The number of fused-ring (bicyclic) bond motifs is 3. The van der Waals surface area contributed by atoms with Gasteiger partial charge in [0, 0.05) is 0 Å². The van der Waals surface area contributed by atoms with Crippen LogP contribution in [0, 0.1) is 23.2 Å². The molecule has 3 saturated carbocycles. The molecule has 0 aromatic rings. The van der Waals surface area contributed by atoms with E-state index < -0.39 is 0 Å². The van der Waals surface area contributed by atoms with Crippen LogP contribution in [0.3, 0.4) is 0 Å². The van der Waals surface area contributed by atoms with Crippen LogP contribution in [0.15, 0.2) is 12.2 Å². The zero-order valence-corrected chi connectivity index (χ0v) is 7.22. The Labute approximate surface area is 68.7 Å². The van der Waals surface area contributed by atoms with Crippen LogP contribution in [0.4, 0.5) is 0 Å². The largest absolute Gasteiger partial charge is 0.0911 e. The molecule has 0 nitrogen and oxygen atoms in total. The van der Waals surface area contributed by atoms with Gasteiger partial charge in [-0.25, -0.2) is 0 Å². The van der Waals surface area contributed by atoms with Crippen molar-refractivity contribution in [3.8, 4) is 0 Å². The Hall–Kier alpha value is -0.260. The van der Waals surface area contributed by atoms with E-state index in [2.05, 4.69) is 19.1 Å². The Morgan fingerprint density at radius 2 is 2.27 bits per heavy atom. The van der Waals surface area contributed by atoms with Crippen LogP contribution < -0.4 is 0 Å². The van der Waals surface area contributed by atoms with Gasteiger partial charge in [0.05, 0.1) is 0 Å². The van der Waals surface area contributed by atoms with E-state index in [1.54, 1.807) is 12.8 Å². The van der Waals surface area contributed by atoms with Crippen molar-refractivity contribution in [3.05, 3.63) is 12.2 Å². The lowest BCUT2D eigenvalue weighted by Crippen LogP contribution is -2.09. The zero-order chi connectivity index (χ0) is 7.47. The summed E-state index contributed by atoms with van der Waals surface area (Å²) in [6, 6.07) is 0. The second-order valence-electron chi connectivity index (χ2n) is 4.69. The molecule has 3 unspecified atom stereocenters. The van der Waals surface area contributed by atoms with E-state index >= 15 is 0 Å². The number of rotatable bonds is 1. The molecule has 3 aliphatic rings. The second kappa shape index (κ2) is 1.73. The van der Waals surface area contributed by atoms with Crippen LogP contribution in [0.5, 0.6) is 0 Å². The molecule has 3 fully saturated rings. The maximum atomic E-state index is 2.52. The Morgan fingerprint density at radius 1 is 1.36 bits per heavy atom. The average molecular weight is 148 g/mol. The molecule has 0 bridgehead atoms. The standard InChI is InChI=1S/C11H16/c1-2-5-11-7-9(11)4-3-8-6-10(8)11/h2,5,8-10H,3-4,6-7H2,1H3/b5-2-/t8?,9?,10-,11?/m1/s1. The van der Waals surface area contributed by atoms with Crippen molar-refractivity contribution >= 4 is 0 Å². The summed E-state index contributed by atoms with van der Waals surface area (Å²) >= 11 is 0. The molecule has 4 atom stereocenters. The fourth-order valence-electron chi connectivity index (χ4n) is 3.47. The van der Waals surface area contributed by atoms with Crippen molar-refractivity contribution in [2.45, 2.75) is 32.6 Å². The van der Waals surface area contributed by atoms with E-state index in [0.29, 0.717) is 0 Å². The summed E-state index contributed by atoms with van der Waals surface area (Å²) in [5, 5.41) is 0. The number of hydrogen-bond donors (Lipinski definition) is 0. The molecule has 60 valence electrons. The third-order valence-electron chi connectivity index (χ3n) is 4.18. The van der Waals surface area contributed by atoms with Gasteiger partial charge in [0.2, 0.25) is 0 Å². The van der Waals surface area contributed by atoms with Crippen LogP contribution in [0.1, 0.15) is 32.6 Å². The molecule has 0 aromatic carbocycles. The minimum atomic E-state index is 0.748. The van der Waals surface area contributed by atoms with Gasteiger partial charge in [0.15, 0.2) is 0 Å². The third-order valence-corrected chi connectivity index (χ3v) is 4.18. The minimum Gasteiger partial charge on any atom is -0.0911 e. The molecule has 0 saturated heterocycles. The summed E-state index contributed by atoms with van der Waals surface area (Å²) in [4.78, 5) is 0. The van der Waals surface area contributed by atoms with Crippen molar-refractivity contribution in [2.24, 2.45) is 23.2 Å². The maximum absolute atomic E-state index is 2.52. The summed E-state index contributed by atoms with van der Waals surface area (Å²) in [5.41, 5.74) is 0.748. The molecule has 0 spiro atoms. The highest BCUT2D eigenvalue weighted by atomic mass is 14.7. The second-order valence-corrected chi connectivity index (χ2v) is 4.69. The lowest BCUT2D eigenvalue weighted by atomic mass is 9.88. The highest BCUT2D eigenvalue weighted by Gasteiger charge is 2.66. The fraction of sp³-hybridized carbons (Fsp3) is 0.818. The predicted molar refractivity (Wildman–Crippen MR) is 46.2 cm³/mol. The minimum absolute atomic E-state index is 0.748. The molecule has 0 aliphatic heterocycles. The smallest absolute Gasteiger partial charge is 0.00559 e. The van der Waals surface area contributed by atoms with Crippen LogP contribution in [-0.2, 0) is 0 Å². The third kappa shape index (κ3) is 0.660. The van der Waals surface area contributed by atoms with Gasteiger partial charge in [-0.3, -0.25) is 0 Å². The Morgan fingerprint density at radius 3 is 3.09 bits per heavy atom. The quantitative estimate of drug-likeness (QED) is 0.501. The van der Waals surface area contributed by atoms with Crippen molar-refractivity contribution < 1.29 is 0 Å². The lowest BCUT2D eigenvalue weighted by molar-refractivity contribution is 0.379. The van der Waals surface area contributed by atoms with Gasteiger partial charge < -0.3 is 0 Å². The SMILES string of the molecule is C/C=C\C12CC1CCC1C[C@H]12. The van der Waals surface area contributed by atoms with Gasteiger partial charge in [-0.2, -0.15) is 0 Å². The van der Waals surface area contributed by atoms with Crippen LogP contribution >= 0.6 is 0 Å². The normalized spacial score (nSPS) is 58.8. The average Bonchev–Trinajstić information content (AvgIpc) is 2.78. The van der Waals surface area contributed by atoms with Crippen LogP contribution in [-0.4, -0.2) is 0 Å². The van der Waals surface area contributed by atoms with E-state index in [9.17, 15) is 0 Å². The van der Waals surface area contributed by atoms with Gasteiger partial charge in [0.1, 0.15) is 0 Å². The maximum Gasteiger partial charge on any atom is -0.00559 e. The number of hydrogen-bond acceptors (Lipinski definition) is 0. The van der Waals surface area contributed by atoms with Crippen molar-refractivity contribution in [1.29, 1.82) is 0 Å². The summed E-state index contributed by atoms with van der Waals surface area (Å²) in [5.74, 6) is 3.37. The summed E-state index contributed by atoms with van der Waals surface area (Å²) < 4.78 is 0. The first kappa shape index (κ1) is 6.28. The molecule has 0 aromatic heterocycles. The topological polar surface area (TPSA) is 0 Å². The van der Waals surface area contributed by atoms with Crippen molar-refractivity contribution in [1.82, 2.24) is 0 Å². The molecule has 0 heterocycles. The van der Waals surface area contributed by atoms with E-state index in [-0.39, 0.29) is 0 Å². The molecule has 11 heavy (non-hydrogen) atoms. The van der Waals surface area contributed by atoms with Gasteiger partial charge in [-0.05, 0) is 55.8 Å². The van der Waals surface area contributed by atoms with Gasteiger partial charge in [-0.1, -0.05) is 12.2 Å². The Bertz CT molecular complexity index is 216. The van der Waals surface area contributed by atoms with Crippen LogP contribution in [0.2, 0.25) is 0 Å². The van der Waals surface area contributed by atoms with E-state index in [0.717, 1.165) is 23.2 Å². The van der Waals surface area contributed by atoms with Crippen molar-refractivity contribution in [2.75, 3.05) is 0 Å². The van der Waals surface area contributed by atoms with E-state index in [1.807, 2.05) is 0 Å². The zero-order valence-electron chi connectivity index (χ0n) is 7.22. The fourth-order valence-corrected chi connectivity index (χ4v) is 3.47. The van der Waals surface area contributed by atoms with E-state index in [1.165, 1.54) is 12.8 Å². The summed E-state index contributed by atoms with van der Waals surface area (Å²) in [7, 11) is 0. The van der Waals surface area contributed by atoms with Crippen LogP contribution in [0.25, 0.3) is 0 Å².